The Kier molecular flexibility index (Phi) is 6.66. The van der Waals surface area contributed by atoms with Crippen LogP contribution in [0, 0.1) is 6.92 Å². The van der Waals surface area contributed by atoms with E-state index in [0.29, 0.717) is 0 Å². The number of ether oxygens (including phenoxy) is 1. The molecule has 1 unspecified atom stereocenters. The molecule has 122 valence electrons. The summed E-state index contributed by atoms with van der Waals surface area (Å²) in [5, 5.41) is 2.98. The minimum Gasteiger partial charge on any atom is -0.484 e. The highest BCUT2D eigenvalue weighted by molar-refractivity contribution is 9.10. The molecule has 0 radical (unpaired) electrons. The molecule has 0 saturated carbocycles. The first-order chi connectivity index (χ1) is 11.0. The van der Waals surface area contributed by atoms with Crippen LogP contribution in [0.15, 0.2) is 53.0 Å². The van der Waals surface area contributed by atoms with Crippen molar-refractivity contribution in [2.75, 3.05) is 6.61 Å². The van der Waals surface area contributed by atoms with Crippen molar-refractivity contribution in [3.8, 4) is 5.75 Å². The number of hydrogen-bond donors (Lipinski definition) is 1. The van der Waals surface area contributed by atoms with Gasteiger partial charge in [0.05, 0.1) is 0 Å². The molecule has 2 rings (SSSR count). The average molecular weight is 376 g/mol. The summed E-state index contributed by atoms with van der Waals surface area (Å²) in [4.78, 5) is 12.0. The van der Waals surface area contributed by atoms with E-state index in [1.807, 2.05) is 50.2 Å². The van der Waals surface area contributed by atoms with E-state index in [4.69, 9.17) is 4.74 Å². The third kappa shape index (κ3) is 6.06. The standard InChI is InChI=1S/C19H22BrNO2/c1-14-5-3-4-6-18(14)23-13-19(22)21-15(2)7-8-16-9-11-17(20)12-10-16/h3-6,9-12,15H,7-8,13H2,1-2H3,(H,21,22). The zero-order valence-corrected chi connectivity index (χ0v) is 15.1. The minimum absolute atomic E-state index is 0.0491. The van der Waals surface area contributed by atoms with Gasteiger partial charge in [0.25, 0.3) is 5.91 Å². The molecule has 0 fully saturated rings. The number of hydrogen-bond acceptors (Lipinski definition) is 2. The summed E-state index contributed by atoms with van der Waals surface area (Å²) in [5.74, 6) is 0.668. The number of carbonyl (C=O) groups is 1. The molecule has 0 aliphatic carbocycles. The molecule has 1 N–H and O–H groups in total. The van der Waals surface area contributed by atoms with Crippen molar-refractivity contribution in [3.63, 3.8) is 0 Å². The molecule has 0 spiro atoms. The van der Waals surface area contributed by atoms with Gasteiger partial charge in [-0.2, -0.15) is 0 Å². The van der Waals surface area contributed by atoms with Gasteiger partial charge < -0.3 is 10.1 Å². The largest absolute Gasteiger partial charge is 0.484 e. The van der Waals surface area contributed by atoms with Crippen LogP contribution in [0.5, 0.6) is 5.75 Å². The predicted molar refractivity (Wildman–Crippen MR) is 96.7 cm³/mol. The van der Waals surface area contributed by atoms with Crippen LogP contribution in [0.1, 0.15) is 24.5 Å². The normalized spacial score (nSPS) is 11.8. The third-order valence-electron chi connectivity index (χ3n) is 3.64. The lowest BCUT2D eigenvalue weighted by Crippen LogP contribution is -2.36. The van der Waals surface area contributed by atoms with Crippen molar-refractivity contribution < 1.29 is 9.53 Å². The van der Waals surface area contributed by atoms with Crippen molar-refractivity contribution in [2.45, 2.75) is 32.7 Å². The number of carbonyl (C=O) groups excluding carboxylic acids is 1. The quantitative estimate of drug-likeness (QED) is 0.784. The topological polar surface area (TPSA) is 38.3 Å². The molecule has 0 heterocycles. The van der Waals surface area contributed by atoms with Gasteiger partial charge in [0, 0.05) is 10.5 Å². The number of benzene rings is 2. The van der Waals surface area contributed by atoms with E-state index in [1.165, 1.54) is 5.56 Å². The van der Waals surface area contributed by atoms with Crippen LogP contribution in [0.3, 0.4) is 0 Å². The van der Waals surface area contributed by atoms with Crippen molar-refractivity contribution in [1.82, 2.24) is 5.32 Å². The maximum atomic E-state index is 12.0. The summed E-state index contributed by atoms with van der Waals surface area (Å²) < 4.78 is 6.64. The first-order valence-electron chi connectivity index (χ1n) is 7.77. The smallest absolute Gasteiger partial charge is 0.258 e. The lowest BCUT2D eigenvalue weighted by Gasteiger charge is -2.15. The zero-order valence-electron chi connectivity index (χ0n) is 13.5. The SMILES string of the molecule is Cc1ccccc1OCC(=O)NC(C)CCc1ccc(Br)cc1. The van der Waals surface area contributed by atoms with Crippen LogP contribution < -0.4 is 10.1 Å². The summed E-state index contributed by atoms with van der Waals surface area (Å²) in [5.41, 5.74) is 2.30. The van der Waals surface area contributed by atoms with Crippen molar-refractivity contribution in [1.29, 1.82) is 0 Å². The molecular weight excluding hydrogens is 354 g/mol. The number of rotatable bonds is 7. The van der Waals surface area contributed by atoms with Crippen LogP contribution >= 0.6 is 15.9 Å². The Bertz CT molecular complexity index is 640. The van der Waals surface area contributed by atoms with Gasteiger partial charge in [0.1, 0.15) is 5.75 Å². The van der Waals surface area contributed by atoms with Crippen LogP contribution in [-0.4, -0.2) is 18.6 Å². The van der Waals surface area contributed by atoms with Crippen molar-refractivity contribution in [2.24, 2.45) is 0 Å². The molecule has 1 atom stereocenters. The zero-order chi connectivity index (χ0) is 16.7. The Morgan fingerprint density at radius 1 is 1.17 bits per heavy atom. The summed E-state index contributed by atoms with van der Waals surface area (Å²) in [6.07, 6.45) is 1.84. The molecule has 1 amide bonds. The highest BCUT2D eigenvalue weighted by Gasteiger charge is 2.09. The highest BCUT2D eigenvalue weighted by Crippen LogP contribution is 2.16. The number of para-hydroxylation sites is 1. The molecule has 23 heavy (non-hydrogen) atoms. The first kappa shape index (κ1) is 17.5. The van der Waals surface area contributed by atoms with Gasteiger partial charge in [-0.15, -0.1) is 0 Å². The Hall–Kier alpha value is -1.81. The van der Waals surface area contributed by atoms with E-state index in [1.54, 1.807) is 0 Å². The van der Waals surface area contributed by atoms with E-state index in [9.17, 15) is 4.79 Å². The van der Waals surface area contributed by atoms with Gasteiger partial charge >= 0.3 is 0 Å². The molecule has 2 aromatic carbocycles. The van der Waals surface area contributed by atoms with Crippen LogP contribution in [0.4, 0.5) is 0 Å². The van der Waals surface area contributed by atoms with Crippen LogP contribution in [0.2, 0.25) is 0 Å². The Morgan fingerprint density at radius 3 is 2.57 bits per heavy atom. The number of amides is 1. The molecule has 0 aliphatic rings. The average Bonchev–Trinajstić information content (AvgIpc) is 2.53. The molecule has 0 aliphatic heterocycles. The summed E-state index contributed by atoms with van der Waals surface area (Å²) in [6, 6.07) is 16.1. The fourth-order valence-corrected chi connectivity index (χ4v) is 2.55. The van der Waals surface area contributed by atoms with E-state index in [0.717, 1.165) is 28.6 Å². The summed E-state index contributed by atoms with van der Waals surface area (Å²) >= 11 is 3.43. The fourth-order valence-electron chi connectivity index (χ4n) is 2.28. The van der Waals surface area contributed by atoms with Gasteiger partial charge in [0.2, 0.25) is 0 Å². The fraction of sp³-hybridized carbons (Fsp3) is 0.316. The third-order valence-corrected chi connectivity index (χ3v) is 4.17. The molecule has 3 nitrogen and oxygen atoms in total. The second-order valence-corrected chi connectivity index (χ2v) is 6.60. The van der Waals surface area contributed by atoms with Gasteiger partial charge in [-0.05, 0) is 56.0 Å². The highest BCUT2D eigenvalue weighted by atomic mass is 79.9. The number of aryl methyl sites for hydroxylation is 2. The van der Waals surface area contributed by atoms with Crippen LogP contribution in [-0.2, 0) is 11.2 Å². The maximum Gasteiger partial charge on any atom is 0.258 e. The molecule has 0 saturated heterocycles. The van der Waals surface area contributed by atoms with E-state index < -0.39 is 0 Å². The number of nitrogens with one attached hydrogen (secondary N) is 1. The Labute approximate surface area is 146 Å². The van der Waals surface area contributed by atoms with Crippen molar-refractivity contribution >= 4 is 21.8 Å². The predicted octanol–water partition coefficient (Wildman–Crippen LogP) is 4.27. The molecule has 4 heteroatoms. The summed E-state index contributed by atoms with van der Waals surface area (Å²) in [6.45, 7) is 4.03. The van der Waals surface area contributed by atoms with E-state index >= 15 is 0 Å². The molecular formula is C19H22BrNO2. The second kappa shape index (κ2) is 8.73. The van der Waals surface area contributed by atoms with Gasteiger partial charge in [-0.25, -0.2) is 0 Å². The lowest BCUT2D eigenvalue weighted by atomic mass is 10.1. The number of halogens is 1. The maximum absolute atomic E-state index is 12.0. The minimum atomic E-state index is -0.0865. The Balaban J connectivity index is 1.72. The van der Waals surface area contributed by atoms with Gasteiger partial charge in [-0.1, -0.05) is 46.3 Å². The monoisotopic (exact) mass is 375 g/mol. The Morgan fingerprint density at radius 2 is 1.87 bits per heavy atom. The summed E-state index contributed by atoms with van der Waals surface area (Å²) in [7, 11) is 0. The lowest BCUT2D eigenvalue weighted by molar-refractivity contribution is -0.123. The van der Waals surface area contributed by atoms with E-state index in [2.05, 4.69) is 33.4 Å². The molecule has 2 aromatic rings. The van der Waals surface area contributed by atoms with E-state index in [-0.39, 0.29) is 18.6 Å². The first-order valence-corrected chi connectivity index (χ1v) is 8.56. The van der Waals surface area contributed by atoms with Crippen molar-refractivity contribution in [3.05, 3.63) is 64.1 Å². The molecule has 0 bridgehead atoms. The van der Waals surface area contributed by atoms with Crippen LogP contribution in [0.25, 0.3) is 0 Å². The van der Waals surface area contributed by atoms with Gasteiger partial charge in [-0.3, -0.25) is 4.79 Å². The molecule has 0 aromatic heterocycles. The second-order valence-electron chi connectivity index (χ2n) is 5.69. The van der Waals surface area contributed by atoms with Gasteiger partial charge in [0.15, 0.2) is 6.61 Å².